The summed E-state index contributed by atoms with van der Waals surface area (Å²) in [4.78, 5) is 4.41. The molecule has 0 fully saturated rings. The van der Waals surface area contributed by atoms with Gasteiger partial charge in [-0.25, -0.2) is 0 Å². The molecule has 1 aromatic heterocycles. The van der Waals surface area contributed by atoms with Crippen LogP contribution in [0.4, 0.5) is 0 Å². The highest BCUT2D eigenvalue weighted by atomic mass is 35.5. The SMILES string of the molecule is CCCNC(C)Cc1nc(Cc2ccc(Cl)cc2Cl)no1. The van der Waals surface area contributed by atoms with E-state index in [0.717, 1.165) is 24.9 Å². The minimum absolute atomic E-state index is 0.317. The summed E-state index contributed by atoms with van der Waals surface area (Å²) >= 11 is 12.0. The zero-order valence-corrected chi connectivity index (χ0v) is 13.7. The lowest BCUT2D eigenvalue weighted by Gasteiger charge is -2.09. The molecule has 0 aliphatic carbocycles. The Balaban J connectivity index is 1.96. The first-order valence-electron chi connectivity index (χ1n) is 7.07. The van der Waals surface area contributed by atoms with Crippen LogP contribution in [0.2, 0.25) is 10.0 Å². The number of hydrogen-bond acceptors (Lipinski definition) is 4. The highest BCUT2D eigenvalue weighted by molar-refractivity contribution is 6.35. The van der Waals surface area contributed by atoms with Crippen LogP contribution in [-0.4, -0.2) is 22.7 Å². The van der Waals surface area contributed by atoms with Crippen LogP contribution in [0.15, 0.2) is 22.7 Å². The van der Waals surface area contributed by atoms with Gasteiger partial charge in [-0.2, -0.15) is 4.98 Å². The molecule has 0 aliphatic heterocycles. The van der Waals surface area contributed by atoms with E-state index in [4.69, 9.17) is 27.7 Å². The first-order chi connectivity index (χ1) is 10.1. The third-order valence-corrected chi connectivity index (χ3v) is 3.68. The maximum absolute atomic E-state index is 6.15. The Hall–Kier alpha value is -1.10. The maximum Gasteiger partial charge on any atom is 0.228 e. The van der Waals surface area contributed by atoms with Crippen molar-refractivity contribution in [3.63, 3.8) is 0 Å². The number of hydrogen-bond donors (Lipinski definition) is 1. The molecular formula is C15H19Cl2N3O. The quantitative estimate of drug-likeness (QED) is 0.837. The Morgan fingerprint density at radius 3 is 2.86 bits per heavy atom. The van der Waals surface area contributed by atoms with E-state index in [0.29, 0.717) is 34.2 Å². The summed E-state index contributed by atoms with van der Waals surface area (Å²) in [5.41, 5.74) is 0.936. The van der Waals surface area contributed by atoms with Crippen molar-refractivity contribution in [2.45, 2.75) is 39.2 Å². The molecule has 21 heavy (non-hydrogen) atoms. The third-order valence-electron chi connectivity index (χ3n) is 3.10. The summed E-state index contributed by atoms with van der Waals surface area (Å²) in [6.07, 6.45) is 2.37. The number of nitrogens with one attached hydrogen (secondary N) is 1. The van der Waals surface area contributed by atoms with Crippen molar-refractivity contribution >= 4 is 23.2 Å². The van der Waals surface area contributed by atoms with E-state index in [1.807, 2.05) is 6.07 Å². The van der Waals surface area contributed by atoms with Crippen LogP contribution in [0.5, 0.6) is 0 Å². The summed E-state index contributed by atoms with van der Waals surface area (Å²) < 4.78 is 5.28. The molecule has 2 rings (SSSR count). The van der Waals surface area contributed by atoms with Crippen LogP contribution in [0.25, 0.3) is 0 Å². The molecule has 0 amide bonds. The van der Waals surface area contributed by atoms with Crippen LogP contribution in [0.3, 0.4) is 0 Å². The Kier molecular flexibility index (Phi) is 6.03. The Labute approximate surface area is 134 Å². The van der Waals surface area contributed by atoms with Gasteiger partial charge in [-0.1, -0.05) is 41.3 Å². The summed E-state index contributed by atoms with van der Waals surface area (Å²) in [5.74, 6) is 1.28. The van der Waals surface area contributed by atoms with Crippen LogP contribution in [-0.2, 0) is 12.8 Å². The Morgan fingerprint density at radius 2 is 2.14 bits per heavy atom. The third kappa shape index (κ3) is 4.99. The van der Waals surface area contributed by atoms with E-state index in [9.17, 15) is 0 Å². The van der Waals surface area contributed by atoms with E-state index >= 15 is 0 Å². The summed E-state index contributed by atoms with van der Waals surface area (Å²) in [7, 11) is 0. The number of rotatable bonds is 7. The van der Waals surface area contributed by atoms with E-state index in [1.165, 1.54) is 0 Å². The molecule has 0 aliphatic rings. The number of benzene rings is 1. The van der Waals surface area contributed by atoms with Crippen LogP contribution >= 0.6 is 23.2 Å². The summed E-state index contributed by atoms with van der Waals surface area (Å²) in [5, 5.41) is 8.63. The fourth-order valence-corrected chi connectivity index (χ4v) is 2.48. The predicted octanol–water partition coefficient (Wildman–Crippen LogP) is 3.90. The van der Waals surface area contributed by atoms with Crippen molar-refractivity contribution in [2.75, 3.05) is 6.54 Å². The van der Waals surface area contributed by atoms with Crippen molar-refractivity contribution in [2.24, 2.45) is 0 Å². The zero-order chi connectivity index (χ0) is 15.2. The predicted molar refractivity (Wildman–Crippen MR) is 85.0 cm³/mol. The molecule has 0 saturated carbocycles. The fourth-order valence-electron chi connectivity index (χ4n) is 2.01. The fraction of sp³-hybridized carbons (Fsp3) is 0.467. The van der Waals surface area contributed by atoms with E-state index in [-0.39, 0.29) is 0 Å². The molecule has 1 unspecified atom stereocenters. The lowest BCUT2D eigenvalue weighted by atomic mass is 10.1. The van der Waals surface area contributed by atoms with Crippen molar-refractivity contribution in [3.8, 4) is 0 Å². The van der Waals surface area contributed by atoms with Crippen molar-refractivity contribution in [1.29, 1.82) is 0 Å². The maximum atomic E-state index is 6.15. The average molecular weight is 328 g/mol. The molecule has 2 aromatic rings. The number of aromatic nitrogens is 2. The van der Waals surface area contributed by atoms with Crippen molar-refractivity contribution < 1.29 is 4.52 Å². The minimum Gasteiger partial charge on any atom is -0.339 e. The molecule has 0 spiro atoms. The molecule has 6 heteroatoms. The van der Waals surface area contributed by atoms with E-state index in [1.54, 1.807) is 12.1 Å². The molecule has 4 nitrogen and oxygen atoms in total. The van der Waals surface area contributed by atoms with Gasteiger partial charge in [-0.3, -0.25) is 0 Å². The van der Waals surface area contributed by atoms with Gasteiger partial charge >= 0.3 is 0 Å². The van der Waals surface area contributed by atoms with Gasteiger partial charge in [0.1, 0.15) is 0 Å². The largest absolute Gasteiger partial charge is 0.339 e. The highest BCUT2D eigenvalue weighted by Gasteiger charge is 2.12. The average Bonchev–Trinajstić information content (AvgIpc) is 2.87. The normalized spacial score (nSPS) is 12.6. The molecule has 0 radical (unpaired) electrons. The molecule has 1 heterocycles. The van der Waals surface area contributed by atoms with Crippen LogP contribution in [0, 0.1) is 0 Å². The highest BCUT2D eigenvalue weighted by Crippen LogP contribution is 2.22. The molecule has 114 valence electrons. The van der Waals surface area contributed by atoms with Gasteiger partial charge in [-0.05, 0) is 37.6 Å². The lowest BCUT2D eigenvalue weighted by Crippen LogP contribution is -2.28. The first-order valence-corrected chi connectivity index (χ1v) is 7.83. The Bertz CT molecular complexity index is 586. The smallest absolute Gasteiger partial charge is 0.228 e. The van der Waals surface area contributed by atoms with Crippen LogP contribution < -0.4 is 5.32 Å². The van der Waals surface area contributed by atoms with E-state index < -0.39 is 0 Å². The second kappa shape index (κ2) is 7.78. The summed E-state index contributed by atoms with van der Waals surface area (Å²) in [6.45, 7) is 5.23. The molecule has 1 aromatic carbocycles. The zero-order valence-electron chi connectivity index (χ0n) is 12.2. The summed E-state index contributed by atoms with van der Waals surface area (Å²) in [6, 6.07) is 5.72. The van der Waals surface area contributed by atoms with Gasteiger partial charge in [0.05, 0.1) is 0 Å². The van der Waals surface area contributed by atoms with Gasteiger partial charge in [0.25, 0.3) is 0 Å². The van der Waals surface area contributed by atoms with Crippen molar-refractivity contribution in [1.82, 2.24) is 15.5 Å². The topological polar surface area (TPSA) is 51.0 Å². The van der Waals surface area contributed by atoms with Crippen molar-refractivity contribution in [3.05, 3.63) is 45.5 Å². The van der Waals surface area contributed by atoms with Gasteiger partial charge < -0.3 is 9.84 Å². The molecule has 1 atom stereocenters. The van der Waals surface area contributed by atoms with Crippen LogP contribution in [0.1, 0.15) is 37.5 Å². The number of halogens is 2. The number of nitrogens with zero attached hydrogens (tertiary/aromatic N) is 2. The van der Waals surface area contributed by atoms with Gasteiger partial charge in [0, 0.05) is 28.9 Å². The standard InChI is InChI=1S/C15H19Cl2N3O/c1-3-6-18-10(2)7-15-19-14(20-21-15)8-11-4-5-12(16)9-13(11)17/h4-5,9-10,18H,3,6-8H2,1-2H3. The lowest BCUT2D eigenvalue weighted by molar-refractivity contribution is 0.358. The Morgan fingerprint density at radius 1 is 1.33 bits per heavy atom. The molecular weight excluding hydrogens is 309 g/mol. The monoisotopic (exact) mass is 327 g/mol. The van der Waals surface area contributed by atoms with Gasteiger partial charge in [-0.15, -0.1) is 0 Å². The minimum atomic E-state index is 0.317. The van der Waals surface area contributed by atoms with E-state index in [2.05, 4.69) is 29.3 Å². The second-order valence-corrected chi connectivity index (χ2v) is 5.92. The molecule has 1 N–H and O–H groups in total. The molecule has 0 bridgehead atoms. The second-order valence-electron chi connectivity index (χ2n) is 5.08. The molecule has 0 saturated heterocycles. The van der Waals surface area contributed by atoms with Gasteiger partial charge in [0.2, 0.25) is 5.89 Å². The first kappa shape index (κ1) is 16.3. The van der Waals surface area contributed by atoms with Gasteiger partial charge in [0.15, 0.2) is 5.82 Å².